The lowest BCUT2D eigenvalue weighted by Gasteiger charge is -2.29. The Morgan fingerprint density at radius 1 is 0.552 bits per heavy atom. The molecule has 0 spiro atoms. The van der Waals surface area contributed by atoms with Crippen LogP contribution in [-0.4, -0.2) is 9.13 Å². The van der Waals surface area contributed by atoms with E-state index < -0.39 is 0 Å². The van der Waals surface area contributed by atoms with Gasteiger partial charge in [-0.1, -0.05) is 96.9 Å². The molecule has 0 saturated heterocycles. The monoisotopic (exact) mass is 870 g/mol. The van der Waals surface area contributed by atoms with Gasteiger partial charge in [0.1, 0.15) is 5.82 Å². The number of rotatable bonds is 10. The predicted octanol–water partition coefficient (Wildman–Crippen LogP) is 16.9. The number of hydrogen-bond acceptors (Lipinski definition) is 2. The Labute approximate surface area is 388 Å². The normalized spacial score (nSPS) is 13.1. The van der Waals surface area contributed by atoms with E-state index in [1.807, 2.05) is 41.0 Å². The standard InChI is InChI=1S/C61H44F2N4/c1-3-46(29-22-42(2)62)66-58-20-12-10-18-54(58)56-40-52(36-38-60(56)66)64(47-14-6-4-7-15-47)49-30-23-43(24-31-49)44-25-32-50(33-26-44)65(48-16-8-5-9-17-48)53-37-39-61-57(41-53)55-19-11-13-21-59(55)67(61)51-34-27-45(63)28-35-51/h1,4-6,8-14,16-41H,7,15H2,2H3/b42-22+,46-29+. The number of terminal acetylenes is 1. The first-order valence-electron chi connectivity index (χ1n) is 22.5. The second kappa shape index (κ2) is 17.4. The highest BCUT2D eigenvalue weighted by Crippen LogP contribution is 2.42. The second-order valence-electron chi connectivity index (χ2n) is 16.8. The fraction of sp³-hybridized carbons (Fsp3) is 0.0492. The fourth-order valence-electron chi connectivity index (χ4n) is 9.60. The average molecular weight is 871 g/mol. The van der Waals surface area contributed by atoms with Crippen LogP contribution in [0.1, 0.15) is 19.8 Å². The Morgan fingerprint density at radius 3 is 1.72 bits per heavy atom. The molecule has 0 N–H and O–H groups in total. The smallest absolute Gasteiger partial charge is 0.123 e. The molecule has 0 bridgehead atoms. The SMILES string of the molecule is C#C/C(=C\C=C(/C)F)n1c2ccccc2c2cc(N(C3=CC=CCC3)c3ccc(-c4ccc(N(c5ccccc5)c5ccc6c(c5)c5ccccc5n6-c5ccc(F)cc5)cc4)cc3)ccc21. The zero-order chi connectivity index (χ0) is 45.4. The van der Waals surface area contributed by atoms with Crippen LogP contribution < -0.4 is 9.80 Å². The van der Waals surface area contributed by atoms with Gasteiger partial charge in [0, 0.05) is 61.4 Å². The van der Waals surface area contributed by atoms with Crippen LogP contribution in [0.25, 0.3) is 66.1 Å². The summed E-state index contributed by atoms with van der Waals surface area (Å²) in [6.07, 6.45) is 17.5. The lowest BCUT2D eigenvalue weighted by molar-refractivity contribution is 0.627. The molecule has 6 heteroatoms. The molecule has 2 aromatic heterocycles. The quantitative estimate of drug-likeness (QED) is 0.101. The molecule has 1 aliphatic rings. The molecular formula is C61H44F2N4. The summed E-state index contributed by atoms with van der Waals surface area (Å²) in [4.78, 5) is 4.64. The highest BCUT2D eigenvalue weighted by atomic mass is 19.1. The first kappa shape index (κ1) is 41.1. The van der Waals surface area contributed by atoms with E-state index in [0.29, 0.717) is 5.70 Å². The summed E-state index contributed by atoms with van der Waals surface area (Å²) in [5.41, 5.74) is 14.1. The molecule has 10 aromatic rings. The maximum atomic E-state index is 14.0. The molecule has 0 radical (unpaired) electrons. The van der Waals surface area contributed by atoms with Crippen molar-refractivity contribution in [2.24, 2.45) is 0 Å². The number of benzene rings is 8. The molecule has 4 nitrogen and oxygen atoms in total. The van der Waals surface area contributed by atoms with E-state index in [0.717, 1.165) is 102 Å². The molecule has 322 valence electrons. The number of nitrogens with zero attached hydrogens (tertiary/aromatic N) is 4. The molecule has 0 atom stereocenters. The van der Waals surface area contributed by atoms with E-state index in [4.69, 9.17) is 6.42 Å². The third-order valence-corrected chi connectivity index (χ3v) is 12.7. The van der Waals surface area contributed by atoms with Crippen molar-refractivity contribution in [3.8, 4) is 29.2 Å². The predicted molar refractivity (Wildman–Crippen MR) is 277 cm³/mol. The van der Waals surface area contributed by atoms with Gasteiger partial charge in [0.25, 0.3) is 0 Å². The van der Waals surface area contributed by atoms with E-state index in [1.165, 1.54) is 30.8 Å². The van der Waals surface area contributed by atoms with Crippen LogP contribution in [0.4, 0.5) is 37.2 Å². The first-order chi connectivity index (χ1) is 32.9. The Hall–Kier alpha value is -8.66. The Balaban J connectivity index is 0.946. The summed E-state index contributed by atoms with van der Waals surface area (Å²) in [5, 5.41) is 4.37. The number of hydrogen-bond donors (Lipinski definition) is 0. The van der Waals surface area contributed by atoms with Gasteiger partial charge in [0.2, 0.25) is 0 Å². The fourth-order valence-corrected chi connectivity index (χ4v) is 9.60. The number of fused-ring (bicyclic) bond motifs is 6. The van der Waals surface area contributed by atoms with Crippen molar-refractivity contribution in [2.75, 3.05) is 9.80 Å². The van der Waals surface area contributed by atoms with Gasteiger partial charge >= 0.3 is 0 Å². The van der Waals surface area contributed by atoms with Crippen molar-refractivity contribution in [3.05, 3.63) is 236 Å². The molecule has 0 saturated carbocycles. The number of anilines is 5. The number of halogens is 2. The molecule has 0 aliphatic heterocycles. The lowest BCUT2D eigenvalue weighted by Crippen LogP contribution is -2.17. The third-order valence-electron chi connectivity index (χ3n) is 12.7. The van der Waals surface area contributed by atoms with Gasteiger partial charge in [-0.25, -0.2) is 8.78 Å². The van der Waals surface area contributed by atoms with Gasteiger partial charge in [0.05, 0.1) is 33.6 Å². The maximum Gasteiger partial charge on any atom is 0.123 e. The highest BCUT2D eigenvalue weighted by Gasteiger charge is 2.21. The first-order valence-corrected chi connectivity index (χ1v) is 22.5. The van der Waals surface area contributed by atoms with Gasteiger partial charge < -0.3 is 18.9 Å². The summed E-state index contributed by atoms with van der Waals surface area (Å²) < 4.78 is 32.1. The van der Waals surface area contributed by atoms with Crippen LogP contribution in [0.5, 0.6) is 0 Å². The van der Waals surface area contributed by atoms with Crippen LogP contribution in [0, 0.1) is 18.2 Å². The van der Waals surface area contributed by atoms with Crippen molar-refractivity contribution in [1.82, 2.24) is 9.13 Å². The zero-order valence-electron chi connectivity index (χ0n) is 36.8. The van der Waals surface area contributed by atoms with Gasteiger partial charge in [-0.05, 0) is 158 Å². The van der Waals surface area contributed by atoms with Gasteiger partial charge in [0.15, 0.2) is 0 Å². The summed E-state index contributed by atoms with van der Waals surface area (Å²) in [6.45, 7) is 1.41. The Bertz CT molecular complexity index is 3650. The third kappa shape index (κ3) is 7.57. The number of para-hydroxylation sites is 3. The van der Waals surface area contributed by atoms with Crippen molar-refractivity contribution in [2.45, 2.75) is 19.8 Å². The maximum absolute atomic E-state index is 14.0. The summed E-state index contributed by atoms with van der Waals surface area (Å²) in [6, 6.07) is 64.4. The summed E-state index contributed by atoms with van der Waals surface area (Å²) >= 11 is 0. The minimum Gasteiger partial charge on any atom is -0.314 e. The van der Waals surface area contributed by atoms with E-state index in [2.05, 4.69) is 178 Å². The van der Waals surface area contributed by atoms with E-state index in [9.17, 15) is 8.78 Å². The molecule has 0 amide bonds. The summed E-state index contributed by atoms with van der Waals surface area (Å²) in [5.74, 6) is 2.23. The zero-order valence-corrected chi connectivity index (χ0v) is 36.8. The van der Waals surface area contributed by atoms with Crippen molar-refractivity contribution < 1.29 is 8.78 Å². The van der Waals surface area contributed by atoms with Crippen LogP contribution >= 0.6 is 0 Å². The molecule has 2 heterocycles. The van der Waals surface area contributed by atoms with Crippen molar-refractivity contribution >= 4 is 77.7 Å². The van der Waals surface area contributed by atoms with Gasteiger partial charge in [-0.3, -0.25) is 0 Å². The number of aromatic nitrogens is 2. The van der Waals surface area contributed by atoms with Crippen molar-refractivity contribution in [3.63, 3.8) is 0 Å². The molecule has 0 unspecified atom stereocenters. The van der Waals surface area contributed by atoms with E-state index >= 15 is 0 Å². The molecule has 67 heavy (non-hydrogen) atoms. The average Bonchev–Trinajstić information content (AvgIpc) is 3.88. The molecule has 8 aromatic carbocycles. The van der Waals surface area contributed by atoms with Crippen LogP contribution in [0.2, 0.25) is 0 Å². The molecule has 1 aliphatic carbocycles. The minimum atomic E-state index is -0.310. The lowest BCUT2D eigenvalue weighted by atomic mass is 10.0. The van der Waals surface area contributed by atoms with Crippen LogP contribution in [0.15, 0.2) is 230 Å². The van der Waals surface area contributed by atoms with Gasteiger partial charge in [-0.15, -0.1) is 6.42 Å². The van der Waals surface area contributed by atoms with E-state index in [1.54, 1.807) is 6.08 Å². The second-order valence-corrected chi connectivity index (χ2v) is 16.8. The Morgan fingerprint density at radius 2 is 1.07 bits per heavy atom. The van der Waals surface area contributed by atoms with Gasteiger partial charge in [-0.2, -0.15) is 0 Å². The highest BCUT2D eigenvalue weighted by molar-refractivity contribution is 6.12. The van der Waals surface area contributed by atoms with Crippen LogP contribution in [0.3, 0.4) is 0 Å². The minimum absolute atomic E-state index is 0.257. The molecule has 11 rings (SSSR count). The largest absolute Gasteiger partial charge is 0.314 e. The summed E-state index contributed by atoms with van der Waals surface area (Å²) in [7, 11) is 0. The van der Waals surface area contributed by atoms with Crippen molar-refractivity contribution in [1.29, 1.82) is 0 Å². The Kier molecular flexibility index (Phi) is 10.7. The van der Waals surface area contributed by atoms with E-state index in [-0.39, 0.29) is 11.6 Å². The molecular weight excluding hydrogens is 827 g/mol. The van der Waals surface area contributed by atoms with Crippen LogP contribution in [-0.2, 0) is 0 Å². The number of allylic oxidation sites excluding steroid dienone is 8. The topological polar surface area (TPSA) is 16.3 Å². The molecule has 0 fully saturated rings.